The van der Waals surface area contributed by atoms with Crippen LogP contribution in [0.1, 0.15) is 37.0 Å². The van der Waals surface area contributed by atoms with Crippen LogP contribution in [0.15, 0.2) is 0 Å². The average Bonchev–Trinajstić information content (AvgIpc) is 2.56. The zero-order chi connectivity index (χ0) is 18.0. The van der Waals surface area contributed by atoms with E-state index in [9.17, 15) is 4.79 Å². The first-order chi connectivity index (χ1) is 11.6. The molecule has 0 rings (SSSR count). The molecule has 0 spiro atoms. The highest BCUT2D eigenvalue weighted by molar-refractivity contribution is 8.76. The number of hydrogen-bond acceptors (Lipinski definition) is 6. The number of nitrogens with one attached hydrogen (secondary N) is 2. The van der Waals surface area contributed by atoms with Crippen LogP contribution in [0.2, 0.25) is 0 Å². The van der Waals surface area contributed by atoms with Crippen molar-refractivity contribution in [3.8, 4) is 11.8 Å². The van der Waals surface area contributed by atoms with Crippen LogP contribution >= 0.6 is 21.6 Å². The van der Waals surface area contributed by atoms with Gasteiger partial charge in [0, 0.05) is 21.1 Å². The van der Waals surface area contributed by atoms with Gasteiger partial charge in [-0.05, 0) is 13.0 Å². The molecule has 2 N–H and O–H groups in total. The summed E-state index contributed by atoms with van der Waals surface area (Å²) in [5.41, 5.74) is 0.167. The monoisotopic (exact) mass is 380 g/mol. The van der Waals surface area contributed by atoms with Crippen molar-refractivity contribution in [1.29, 1.82) is 0 Å². The van der Waals surface area contributed by atoms with E-state index in [1.54, 1.807) is 10.8 Å². The Morgan fingerprint density at radius 1 is 1.29 bits per heavy atom. The van der Waals surface area contributed by atoms with Gasteiger partial charge in [0.15, 0.2) is 0 Å². The van der Waals surface area contributed by atoms with Gasteiger partial charge in [-0.15, -0.1) is 0 Å². The minimum atomic E-state index is -0.145. The van der Waals surface area contributed by atoms with Crippen molar-refractivity contribution in [2.75, 3.05) is 45.2 Å². The van der Waals surface area contributed by atoms with E-state index in [-0.39, 0.29) is 20.8 Å². The van der Waals surface area contributed by atoms with Crippen molar-refractivity contribution in [3.63, 3.8) is 0 Å². The minimum absolute atomic E-state index is 0. The Morgan fingerprint density at radius 3 is 2.75 bits per heavy atom. The van der Waals surface area contributed by atoms with E-state index < -0.39 is 0 Å². The Bertz CT molecular complexity index is 381. The topological polar surface area (TPSA) is 59.6 Å². The molecule has 0 aromatic carbocycles. The maximum atomic E-state index is 11.5. The second kappa shape index (κ2) is 17.4. The number of carbonyl (C=O) groups excluding carboxylic acids is 1. The zero-order valence-corrected chi connectivity index (χ0v) is 17.0. The molecular formula is C17H36N2O3S2. The molecule has 1 amide bonds. The summed E-state index contributed by atoms with van der Waals surface area (Å²) in [5.74, 6) is 7.13. The summed E-state index contributed by atoms with van der Waals surface area (Å²) in [7, 11) is 3.58. The van der Waals surface area contributed by atoms with E-state index in [0.29, 0.717) is 25.7 Å². The molecule has 0 aromatic rings. The lowest BCUT2D eigenvalue weighted by molar-refractivity contribution is -0.126. The highest BCUT2D eigenvalue weighted by Crippen LogP contribution is 2.28. The first kappa shape index (κ1) is 23.6. The van der Waals surface area contributed by atoms with Crippen molar-refractivity contribution in [2.45, 2.75) is 39.6 Å². The van der Waals surface area contributed by atoms with Gasteiger partial charge in [-0.2, -0.15) is 0 Å². The molecule has 0 aromatic heterocycles. The Morgan fingerprint density at radius 2 is 2.08 bits per heavy atom. The lowest BCUT2D eigenvalue weighted by Gasteiger charge is -2.15. The van der Waals surface area contributed by atoms with E-state index in [2.05, 4.69) is 36.3 Å². The lowest BCUT2D eigenvalue weighted by Crippen LogP contribution is -2.28. The third-order valence-corrected chi connectivity index (χ3v) is 5.39. The zero-order valence-electron chi connectivity index (χ0n) is 15.4. The second-order valence-corrected chi connectivity index (χ2v) is 7.93. The summed E-state index contributed by atoms with van der Waals surface area (Å²) in [5, 5.41) is 5.99. The van der Waals surface area contributed by atoms with E-state index in [1.165, 1.54) is 0 Å². The lowest BCUT2D eigenvalue weighted by atomic mass is 10.2. The summed E-state index contributed by atoms with van der Waals surface area (Å²) >= 11 is 0. The van der Waals surface area contributed by atoms with E-state index in [1.807, 2.05) is 24.6 Å². The summed E-state index contributed by atoms with van der Waals surface area (Å²) < 4.78 is 11.1. The number of ether oxygens (including phenoxy) is 2. The molecule has 24 heavy (non-hydrogen) atoms. The summed E-state index contributed by atoms with van der Waals surface area (Å²) in [6, 6.07) is 0. The molecule has 0 aliphatic carbocycles. The molecule has 1 unspecified atom stereocenters. The van der Waals surface area contributed by atoms with Gasteiger partial charge in [0.25, 0.3) is 0 Å². The Labute approximate surface area is 158 Å². The number of hydrogen-bond donors (Lipinski definition) is 2. The molecule has 0 aliphatic heterocycles. The van der Waals surface area contributed by atoms with Gasteiger partial charge in [-0.25, -0.2) is 0 Å². The van der Waals surface area contributed by atoms with Gasteiger partial charge in [0.1, 0.15) is 12.0 Å². The third kappa shape index (κ3) is 16.5. The van der Waals surface area contributed by atoms with E-state index >= 15 is 0 Å². The second-order valence-electron chi connectivity index (χ2n) is 5.29. The molecule has 0 heterocycles. The molecule has 0 bridgehead atoms. The van der Waals surface area contributed by atoms with Crippen LogP contribution in [0.25, 0.3) is 0 Å². The number of rotatable bonds is 14. The van der Waals surface area contributed by atoms with Gasteiger partial charge in [0.2, 0.25) is 5.91 Å². The molecule has 0 saturated carbocycles. The molecule has 0 aliphatic rings. The molecule has 1 atom stereocenters. The first-order valence-electron chi connectivity index (χ1n) is 8.53. The first-order valence-corrected chi connectivity index (χ1v) is 10.9. The fourth-order valence-corrected chi connectivity index (χ4v) is 3.81. The smallest absolute Gasteiger partial charge is 0.246 e. The predicted octanol–water partition coefficient (Wildman–Crippen LogP) is 3.01. The highest BCUT2D eigenvalue weighted by atomic mass is 33.1. The van der Waals surface area contributed by atoms with Gasteiger partial charge < -0.3 is 20.1 Å². The fourth-order valence-electron chi connectivity index (χ4n) is 1.48. The molecular weight excluding hydrogens is 344 g/mol. The average molecular weight is 381 g/mol. The van der Waals surface area contributed by atoms with Gasteiger partial charge >= 0.3 is 0 Å². The maximum absolute atomic E-state index is 11.5. The Kier molecular flexibility index (Phi) is 17.2. The molecule has 0 radical (unpaired) electrons. The van der Waals surface area contributed by atoms with Crippen LogP contribution in [0.4, 0.5) is 0 Å². The van der Waals surface area contributed by atoms with E-state index in [4.69, 9.17) is 9.47 Å². The van der Waals surface area contributed by atoms with Crippen LogP contribution < -0.4 is 10.6 Å². The molecule has 7 heteroatoms. The van der Waals surface area contributed by atoms with Crippen molar-refractivity contribution in [1.82, 2.24) is 10.6 Å². The van der Waals surface area contributed by atoms with Gasteiger partial charge in [-0.3, -0.25) is 4.79 Å². The summed E-state index contributed by atoms with van der Waals surface area (Å²) in [4.78, 5) is 11.5. The standard InChI is InChI=1S/C17H32N2O3S2.2H2/c1-5-17(24-23-13-10-18-6-2)22-12-11-21-14-16(20)19-9-7-8-15(3)4;;/h15,17-18H,5-6,9-14H2,1-4H3,(H,19,20);2*1H. The van der Waals surface area contributed by atoms with Gasteiger partial charge in [0.05, 0.1) is 19.8 Å². The van der Waals surface area contributed by atoms with Crippen LogP contribution in [-0.2, 0) is 14.3 Å². The summed E-state index contributed by atoms with van der Waals surface area (Å²) in [6.07, 6.45) is 0.952. The number of carbonyl (C=O) groups is 1. The van der Waals surface area contributed by atoms with Crippen molar-refractivity contribution >= 4 is 27.5 Å². The van der Waals surface area contributed by atoms with Crippen molar-refractivity contribution in [2.24, 2.45) is 5.92 Å². The fraction of sp³-hybridized carbons (Fsp3) is 0.824. The summed E-state index contributed by atoms with van der Waals surface area (Å²) in [6.45, 7) is 11.6. The normalized spacial score (nSPS) is 11.9. The minimum Gasteiger partial charge on any atom is -0.369 e. The van der Waals surface area contributed by atoms with Crippen molar-refractivity contribution < 1.29 is 17.1 Å². The van der Waals surface area contributed by atoms with Crippen LogP contribution in [0, 0.1) is 17.8 Å². The van der Waals surface area contributed by atoms with Crippen LogP contribution in [0.3, 0.4) is 0 Å². The van der Waals surface area contributed by atoms with Crippen LogP contribution in [0.5, 0.6) is 0 Å². The van der Waals surface area contributed by atoms with Gasteiger partial charge in [-0.1, -0.05) is 61.1 Å². The number of amides is 1. The highest BCUT2D eigenvalue weighted by Gasteiger charge is 2.07. The Balaban J connectivity index is -0.00000264. The third-order valence-electron chi connectivity index (χ3n) is 2.65. The maximum Gasteiger partial charge on any atom is 0.246 e. The molecule has 0 saturated heterocycles. The van der Waals surface area contributed by atoms with E-state index in [0.717, 1.165) is 25.3 Å². The quantitative estimate of drug-likeness (QED) is 0.209. The van der Waals surface area contributed by atoms with Crippen LogP contribution in [-0.4, -0.2) is 56.6 Å². The molecule has 0 fully saturated rings. The largest absolute Gasteiger partial charge is 0.369 e. The predicted molar refractivity (Wildman–Crippen MR) is 109 cm³/mol. The Hall–Kier alpha value is -0.390. The van der Waals surface area contributed by atoms with Crippen molar-refractivity contribution in [3.05, 3.63) is 0 Å². The molecule has 144 valence electrons. The molecule has 5 nitrogen and oxygen atoms in total. The SMILES string of the molecule is CCNCCSSC(CC)OCCOCC(=O)NCC#CC(C)C.[HH].[HH].